The Hall–Kier alpha value is -1.40. The van der Waals surface area contributed by atoms with Gasteiger partial charge in [0.25, 0.3) is 5.91 Å². The van der Waals surface area contributed by atoms with Crippen LogP contribution in [0.1, 0.15) is 17.3 Å². The fraction of sp³-hybridized carbons (Fsp3) is 0.222. The smallest absolute Gasteiger partial charge is 0.266 e. The van der Waals surface area contributed by atoms with Crippen molar-refractivity contribution in [1.29, 1.82) is 0 Å². The van der Waals surface area contributed by atoms with Gasteiger partial charge in [0.05, 0.1) is 5.75 Å². The molecule has 0 aliphatic rings. The average Bonchev–Trinajstić information content (AvgIpc) is 2.27. The molecule has 0 saturated heterocycles. The van der Waals surface area contributed by atoms with Gasteiger partial charge in [-0.2, -0.15) is 0 Å². The van der Waals surface area contributed by atoms with Crippen LogP contribution in [-0.4, -0.2) is 20.1 Å². The Labute approximate surface area is 88.5 Å². The number of carbonyl (C=O) groups is 1. The molecule has 0 heterocycles. The van der Waals surface area contributed by atoms with Gasteiger partial charge in [-0.25, -0.2) is 8.42 Å². The molecule has 1 rings (SSSR count). The van der Waals surface area contributed by atoms with Crippen molar-refractivity contribution in [3.63, 3.8) is 0 Å². The van der Waals surface area contributed by atoms with E-state index in [0.717, 1.165) is 0 Å². The zero-order valence-electron chi connectivity index (χ0n) is 8.23. The maximum atomic E-state index is 11.4. The lowest BCUT2D eigenvalue weighted by atomic mass is 10.2. The third-order valence-corrected chi connectivity index (χ3v) is 2.91. The summed E-state index contributed by atoms with van der Waals surface area (Å²) < 4.78 is 22.0. The van der Waals surface area contributed by atoms with Crippen LogP contribution in [0, 0.1) is 0 Å². The van der Waals surface area contributed by atoms with Crippen molar-refractivity contribution in [1.82, 2.24) is 10.3 Å². The second kappa shape index (κ2) is 4.90. The second-order valence-corrected chi connectivity index (χ2v) is 4.84. The molecule has 0 saturated carbocycles. The number of amides is 1. The molecule has 0 atom stereocenters. The predicted molar refractivity (Wildman–Crippen MR) is 56.5 cm³/mol. The third-order valence-electron chi connectivity index (χ3n) is 1.74. The van der Waals surface area contributed by atoms with Crippen molar-refractivity contribution < 1.29 is 13.2 Å². The summed E-state index contributed by atoms with van der Waals surface area (Å²) in [5.41, 5.74) is 2.51. The van der Waals surface area contributed by atoms with E-state index in [1.165, 1.54) is 6.92 Å². The van der Waals surface area contributed by atoms with Gasteiger partial charge in [-0.3, -0.25) is 10.2 Å². The number of hydrazine groups is 1. The lowest BCUT2D eigenvalue weighted by Gasteiger charge is -2.06. The van der Waals surface area contributed by atoms with E-state index in [1.54, 1.807) is 30.3 Å². The standard InChI is InChI=1S/C9H12N2O3S/c1-2-15(13,14)11-10-9(12)8-6-4-3-5-7-8/h3-7,11H,2H2,1H3,(H,10,12). The molecular formula is C9H12N2O3S. The minimum Gasteiger partial charge on any atom is -0.274 e. The summed E-state index contributed by atoms with van der Waals surface area (Å²) in [5, 5.41) is 0. The third kappa shape index (κ3) is 3.69. The molecule has 0 unspecified atom stereocenters. The molecule has 0 aliphatic heterocycles. The van der Waals surface area contributed by atoms with Crippen molar-refractivity contribution in [2.24, 2.45) is 0 Å². The van der Waals surface area contributed by atoms with E-state index >= 15 is 0 Å². The summed E-state index contributed by atoms with van der Waals surface area (Å²) in [6, 6.07) is 8.35. The molecule has 0 spiro atoms. The first-order valence-corrected chi connectivity index (χ1v) is 6.05. The number of hydrogen-bond acceptors (Lipinski definition) is 3. The first-order valence-electron chi connectivity index (χ1n) is 4.40. The van der Waals surface area contributed by atoms with Crippen LogP contribution in [0.25, 0.3) is 0 Å². The van der Waals surface area contributed by atoms with Gasteiger partial charge in [-0.15, -0.1) is 4.83 Å². The second-order valence-electron chi connectivity index (χ2n) is 2.83. The molecule has 1 aromatic carbocycles. The summed E-state index contributed by atoms with van der Waals surface area (Å²) in [6.07, 6.45) is 0. The SMILES string of the molecule is CCS(=O)(=O)NNC(=O)c1ccccc1. The number of carbonyl (C=O) groups excluding carboxylic acids is 1. The molecule has 0 radical (unpaired) electrons. The van der Waals surface area contributed by atoms with E-state index in [9.17, 15) is 13.2 Å². The highest BCUT2D eigenvalue weighted by molar-refractivity contribution is 7.89. The largest absolute Gasteiger partial charge is 0.274 e. The van der Waals surface area contributed by atoms with Crippen LogP contribution in [0.2, 0.25) is 0 Å². The molecule has 0 bridgehead atoms. The van der Waals surface area contributed by atoms with Crippen LogP contribution in [0.3, 0.4) is 0 Å². The van der Waals surface area contributed by atoms with E-state index in [-0.39, 0.29) is 5.75 Å². The summed E-state index contributed by atoms with van der Waals surface area (Å²) in [5.74, 6) is -0.560. The van der Waals surface area contributed by atoms with E-state index in [2.05, 4.69) is 5.43 Å². The highest BCUT2D eigenvalue weighted by atomic mass is 32.2. The van der Waals surface area contributed by atoms with Gasteiger partial charge < -0.3 is 0 Å². The van der Waals surface area contributed by atoms with Gasteiger partial charge in [0, 0.05) is 5.56 Å². The number of rotatable bonds is 4. The maximum Gasteiger partial charge on any atom is 0.266 e. The van der Waals surface area contributed by atoms with E-state index < -0.39 is 15.9 Å². The summed E-state index contributed by atoms with van der Waals surface area (Å²) in [6.45, 7) is 1.48. The molecular weight excluding hydrogens is 216 g/mol. The van der Waals surface area contributed by atoms with E-state index in [1.807, 2.05) is 4.83 Å². The van der Waals surface area contributed by atoms with Crippen LogP contribution < -0.4 is 10.3 Å². The maximum absolute atomic E-state index is 11.4. The fourth-order valence-corrected chi connectivity index (χ4v) is 1.25. The Morgan fingerprint density at radius 2 is 1.87 bits per heavy atom. The van der Waals surface area contributed by atoms with E-state index in [0.29, 0.717) is 5.56 Å². The van der Waals surface area contributed by atoms with Crippen LogP contribution in [-0.2, 0) is 10.0 Å². The molecule has 0 aromatic heterocycles. The van der Waals surface area contributed by atoms with Gasteiger partial charge in [-0.1, -0.05) is 18.2 Å². The highest BCUT2D eigenvalue weighted by Gasteiger charge is 2.09. The minimum atomic E-state index is -3.40. The van der Waals surface area contributed by atoms with Gasteiger partial charge in [0.1, 0.15) is 0 Å². The number of benzene rings is 1. The lowest BCUT2D eigenvalue weighted by Crippen LogP contribution is -2.42. The summed E-state index contributed by atoms with van der Waals surface area (Å²) >= 11 is 0. The summed E-state index contributed by atoms with van der Waals surface area (Å²) in [7, 11) is -3.40. The topological polar surface area (TPSA) is 75.3 Å². The van der Waals surface area contributed by atoms with Gasteiger partial charge in [0.15, 0.2) is 0 Å². The molecule has 1 aromatic rings. The monoisotopic (exact) mass is 228 g/mol. The Kier molecular flexibility index (Phi) is 3.81. The quantitative estimate of drug-likeness (QED) is 0.726. The molecule has 82 valence electrons. The van der Waals surface area contributed by atoms with Crippen molar-refractivity contribution in [3.05, 3.63) is 35.9 Å². The molecule has 5 nitrogen and oxygen atoms in total. The molecule has 0 aliphatic carbocycles. The normalized spacial score (nSPS) is 11.0. The van der Waals surface area contributed by atoms with Gasteiger partial charge in [-0.05, 0) is 19.1 Å². The Morgan fingerprint density at radius 3 is 2.40 bits per heavy atom. The van der Waals surface area contributed by atoms with Crippen molar-refractivity contribution in [2.45, 2.75) is 6.92 Å². The fourth-order valence-electron chi connectivity index (χ4n) is 0.858. The Balaban J connectivity index is 2.59. The zero-order valence-corrected chi connectivity index (χ0v) is 9.04. The van der Waals surface area contributed by atoms with Crippen molar-refractivity contribution >= 4 is 15.9 Å². The Morgan fingerprint density at radius 1 is 1.27 bits per heavy atom. The lowest BCUT2D eigenvalue weighted by molar-refractivity contribution is 0.0945. The highest BCUT2D eigenvalue weighted by Crippen LogP contribution is 1.96. The van der Waals surface area contributed by atoms with Crippen LogP contribution in [0.5, 0.6) is 0 Å². The number of hydrogen-bond donors (Lipinski definition) is 2. The van der Waals surface area contributed by atoms with Crippen LogP contribution in [0.15, 0.2) is 30.3 Å². The van der Waals surface area contributed by atoms with E-state index in [4.69, 9.17) is 0 Å². The minimum absolute atomic E-state index is 0.0813. The molecule has 2 N–H and O–H groups in total. The van der Waals surface area contributed by atoms with Crippen LogP contribution in [0.4, 0.5) is 0 Å². The molecule has 6 heteroatoms. The molecule has 0 fully saturated rings. The first kappa shape index (κ1) is 11.7. The van der Waals surface area contributed by atoms with Gasteiger partial charge in [0.2, 0.25) is 10.0 Å². The van der Waals surface area contributed by atoms with Crippen molar-refractivity contribution in [3.8, 4) is 0 Å². The van der Waals surface area contributed by atoms with Crippen molar-refractivity contribution in [2.75, 3.05) is 5.75 Å². The summed E-state index contributed by atoms with van der Waals surface area (Å²) in [4.78, 5) is 13.3. The number of nitrogens with one attached hydrogen (secondary N) is 2. The Bertz CT molecular complexity index is 428. The van der Waals surface area contributed by atoms with Gasteiger partial charge >= 0.3 is 0 Å². The molecule has 15 heavy (non-hydrogen) atoms. The van der Waals surface area contributed by atoms with Crippen LogP contribution >= 0.6 is 0 Å². The average molecular weight is 228 g/mol. The zero-order chi connectivity index (χ0) is 11.3. The first-order chi connectivity index (χ1) is 7.05. The predicted octanol–water partition coefficient (Wildman–Crippen LogP) is 0.271. The number of sulfonamides is 1. The molecule has 1 amide bonds.